The summed E-state index contributed by atoms with van der Waals surface area (Å²) < 4.78 is 11.8. The summed E-state index contributed by atoms with van der Waals surface area (Å²) in [4.78, 5) is 14.9. The van der Waals surface area contributed by atoms with Crippen LogP contribution in [0.5, 0.6) is 5.75 Å². The number of rotatable bonds is 9. The van der Waals surface area contributed by atoms with E-state index in [1.165, 1.54) is 18.4 Å². The van der Waals surface area contributed by atoms with E-state index in [0.717, 1.165) is 52.4 Å². The van der Waals surface area contributed by atoms with E-state index >= 15 is 0 Å². The zero-order valence-electron chi connectivity index (χ0n) is 21.8. The van der Waals surface area contributed by atoms with Crippen molar-refractivity contribution in [2.24, 2.45) is 23.7 Å². The molecule has 0 radical (unpaired) electrons. The maximum Gasteiger partial charge on any atom is 0.287 e. The molecule has 3 aromatic rings. The van der Waals surface area contributed by atoms with Gasteiger partial charge >= 0.3 is 0 Å². The van der Waals surface area contributed by atoms with Crippen LogP contribution in [0.4, 0.5) is 0 Å². The van der Waals surface area contributed by atoms with E-state index in [1.54, 1.807) is 0 Å². The molecule has 1 fully saturated rings. The smallest absolute Gasteiger partial charge is 0.287 e. The van der Waals surface area contributed by atoms with Crippen LogP contribution in [0.2, 0.25) is 0 Å². The normalized spacial score (nSPS) is 22.5. The minimum absolute atomic E-state index is 0.206. The third-order valence-electron chi connectivity index (χ3n) is 7.65. The van der Waals surface area contributed by atoms with E-state index in [1.807, 2.05) is 55.4 Å². The van der Waals surface area contributed by atoms with Gasteiger partial charge in [-0.25, -0.2) is 0 Å². The number of ether oxygens (including phenoxy) is 1. The van der Waals surface area contributed by atoms with Gasteiger partial charge in [-0.1, -0.05) is 51.1 Å². The Morgan fingerprint density at radius 2 is 1.71 bits per heavy atom. The number of carbonyl (C=O) groups is 1. The number of benzene rings is 2. The van der Waals surface area contributed by atoms with Crippen molar-refractivity contribution < 1.29 is 13.9 Å². The minimum atomic E-state index is -0.206. The van der Waals surface area contributed by atoms with E-state index in [0.29, 0.717) is 25.5 Å². The van der Waals surface area contributed by atoms with Gasteiger partial charge in [-0.3, -0.25) is 4.79 Å². The van der Waals surface area contributed by atoms with Crippen molar-refractivity contribution in [2.75, 3.05) is 27.2 Å². The molecule has 2 unspecified atom stereocenters. The van der Waals surface area contributed by atoms with E-state index in [4.69, 9.17) is 9.15 Å². The van der Waals surface area contributed by atoms with Crippen LogP contribution in [0.1, 0.15) is 55.3 Å². The topological polar surface area (TPSA) is 54.7 Å². The van der Waals surface area contributed by atoms with E-state index in [-0.39, 0.29) is 5.91 Å². The lowest BCUT2D eigenvalue weighted by molar-refractivity contribution is 0.0919. The standard InChI is InChI=1S/C30H40N2O3/c1-20-16-22(3)24(17-21(20)2)18-23-10-12-25(13-11-23)34-15-14-31-30(33)29-27(19-32(4)5)26-8-6-7-9-28(26)35-29/h6-13,20-22,24H,14-19H2,1-5H3,(H,31,33)/t20-,21+,22?,24?/m0/s1. The number of nitrogens with one attached hydrogen (secondary N) is 1. The van der Waals surface area contributed by atoms with Gasteiger partial charge in [-0.2, -0.15) is 0 Å². The third kappa shape index (κ3) is 6.26. The van der Waals surface area contributed by atoms with Crippen molar-refractivity contribution >= 4 is 16.9 Å². The van der Waals surface area contributed by atoms with Crippen LogP contribution in [0, 0.1) is 23.7 Å². The summed E-state index contributed by atoms with van der Waals surface area (Å²) in [6, 6.07) is 16.2. The fraction of sp³-hybridized carbons (Fsp3) is 0.500. The van der Waals surface area contributed by atoms with Gasteiger partial charge < -0.3 is 19.4 Å². The highest BCUT2D eigenvalue weighted by Crippen LogP contribution is 2.39. The average Bonchev–Trinajstić information content (AvgIpc) is 3.19. The van der Waals surface area contributed by atoms with Gasteiger partial charge in [0.1, 0.15) is 17.9 Å². The van der Waals surface area contributed by atoms with Crippen LogP contribution in [0.25, 0.3) is 11.0 Å². The Balaban J connectivity index is 1.27. The molecule has 35 heavy (non-hydrogen) atoms. The number of fused-ring (bicyclic) bond motifs is 1. The molecule has 188 valence electrons. The fourth-order valence-corrected chi connectivity index (χ4v) is 5.43. The van der Waals surface area contributed by atoms with Crippen molar-refractivity contribution in [1.29, 1.82) is 0 Å². The molecule has 5 nitrogen and oxygen atoms in total. The molecule has 1 N–H and O–H groups in total. The van der Waals surface area contributed by atoms with Gasteiger partial charge in [-0.05, 0) is 80.8 Å². The van der Waals surface area contributed by atoms with Crippen LogP contribution >= 0.6 is 0 Å². The fourth-order valence-electron chi connectivity index (χ4n) is 5.43. The second-order valence-electron chi connectivity index (χ2n) is 10.8. The Hall–Kier alpha value is -2.79. The van der Waals surface area contributed by atoms with Crippen molar-refractivity contribution in [1.82, 2.24) is 10.2 Å². The second-order valence-corrected chi connectivity index (χ2v) is 10.8. The van der Waals surface area contributed by atoms with E-state index in [2.05, 4.69) is 38.2 Å². The summed E-state index contributed by atoms with van der Waals surface area (Å²) in [5, 5.41) is 3.93. The highest BCUT2D eigenvalue weighted by atomic mass is 16.5. The summed E-state index contributed by atoms with van der Waals surface area (Å²) in [7, 11) is 3.97. The molecule has 1 aromatic heterocycles. The van der Waals surface area contributed by atoms with Crippen molar-refractivity contribution in [2.45, 2.75) is 46.6 Å². The first-order valence-corrected chi connectivity index (χ1v) is 13.0. The average molecular weight is 477 g/mol. The number of amides is 1. The zero-order valence-corrected chi connectivity index (χ0v) is 21.8. The van der Waals surface area contributed by atoms with Crippen LogP contribution < -0.4 is 10.1 Å². The molecule has 0 aliphatic heterocycles. The highest BCUT2D eigenvalue weighted by molar-refractivity contribution is 5.99. The van der Waals surface area contributed by atoms with Gasteiger partial charge in [0.05, 0.1) is 6.54 Å². The number of nitrogens with zero attached hydrogens (tertiary/aromatic N) is 1. The van der Waals surface area contributed by atoms with Crippen LogP contribution in [-0.2, 0) is 13.0 Å². The summed E-state index contributed by atoms with van der Waals surface area (Å²) >= 11 is 0. The molecule has 4 rings (SSSR count). The molecule has 0 saturated heterocycles. The number of hydrogen-bond acceptors (Lipinski definition) is 4. The quantitative estimate of drug-likeness (QED) is 0.376. The van der Waals surface area contributed by atoms with Gasteiger partial charge in [-0.15, -0.1) is 0 Å². The molecular weight excluding hydrogens is 436 g/mol. The molecule has 0 bridgehead atoms. The molecule has 1 heterocycles. The molecule has 0 spiro atoms. The highest BCUT2D eigenvalue weighted by Gasteiger charge is 2.30. The summed E-state index contributed by atoms with van der Waals surface area (Å²) in [5.74, 6) is 4.20. The van der Waals surface area contributed by atoms with Gasteiger partial charge in [0.2, 0.25) is 0 Å². The SMILES string of the molecule is CC1C[C@H](C)[C@H](C)CC1Cc1ccc(OCCNC(=O)c2oc3ccccc3c2CN(C)C)cc1. The summed E-state index contributed by atoms with van der Waals surface area (Å²) in [5.41, 5.74) is 3.02. The first-order valence-electron chi connectivity index (χ1n) is 13.0. The molecule has 4 atom stereocenters. The first-order chi connectivity index (χ1) is 16.8. The lowest BCUT2D eigenvalue weighted by atomic mass is 9.68. The largest absolute Gasteiger partial charge is 0.492 e. The van der Waals surface area contributed by atoms with Gasteiger partial charge in [0, 0.05) is 17.5 Å². The van der Waals surface area contributed by atoms with Crippen molar-refractivity contribution in [3.05, 3.63) is 65.4 Å². The van der Waals surface area contributed by atoms with Crippen LogP contribution in [0.3, 0.4) is 0 Å². The number of furan rings is 1. The van der Waals surface area contributed by atoms with Crippen LogP contribution in [-0.4, -0.2) is 38.1 Å². The van der Waals surface area contributed by atoms with Crippen LogP contribution in [0.15, 0.2) is 52.9 Å². The Morgan fingerprint density at radius 3 is 2.46 bits per heavy atom. The Kier molecular flexibility index (Phi) is 8.17. The zero-order chi connectivity index (χ0) is 24.9. The Morgan fingerprint density at radius 1 is 1.00 bits per heavy atom. The lowest BCUT2D eigenvalue weighted by Gasteiger charge is -2.37. The molecule has 1 saturated carbocycles. The first kappa shape index (κ1) is 25.3. The van der Waals surface area contributed by atoms with Crippen molar-refractivity contribution in [3.8, 4) is 5.75 Å². The van der Waals surface area contributed by atoms with E-state index in [9.17, 15) is 4.79 Å². The predicted molar refractivity (Wildman–Crippen MR) is 142 cm³/mol. The number of carbonyl (C=O) groups excluding carboxylic acids is 1. The van der Waals surface area contributed by atoms with E-state index < -0.39 is 0 Å². The second kappa shape index (κ2) is 11.3. The monoisotopic (exact) mass is 476 g/mol. The summed E-state index contributed by atoms with van der Waals surface area (Å²) in [6.45, 7) is 8.66. The van der Waals surface area contributed by atoms with Gasteiger partial charge in [0.15, 0.2) is 5.76 Å². The molecule has 1 amide bonds. The minimum Gasteiger partial charge on any atom is -0.492 e. The lowest BCUT2D eigenvalue weighted by Crippen LogP contribution is -2.29. The molecular formula is C30H40N2O3. The maximum absolute atomic E-state index is 12.9. The number of hydrogen-bond donors (Lipinski definition) is 1. The van der Waals surface area contributed by atoms with Gasteiger partial charge in [0.25, 0.3) is 5.91 Å². The molecule has 2 aromatic carbocycles. The Labute approximate surface area is 209 Å². The Bertz CT molecular complexity index is 1120. The molecule has 1 aliphatic rings. The predicted octanol–water partition coefficient (Wildman–Crippen LogP) is 6.16. The maximum atomic E-state index is 12.9. The van der Waals surface area contributed by atoms with Crippen molar-refractivity contribution in [3.63, 3.8) is 0 Å². The molecule has 1 aliphatic carbocycles. The third-order valence-corrected chi connectivity index (χ3v) is 7.65. The molecule has 5 heteroatoms. The number of para-hydroxylation sites is 1. The summed E-state index contributed by atoms with van der Waals surface area (Å²) in [6.07, 6.45) is 3.80.